The van der Waals surface area contributed by atoms with Crippen molar-refractivity contribution < 1.29 is 9.53 Å². The topological polar surface area (TPSA) is 54.8 Å². The van der Waals surface area contributed by atoms with E-state index in [1.807, 2.05) is 48.7 Å². The fourth-order valence-electron chi connectivity index (χ4n) is 3.93. The highest BCUT2D eigenvalue weighted by Crippen LogP contribution is 2.39. The predicted molar refractivity (Wildman–Crippen MR) is 134 cm³/mol. The van der Waals surface area contributed by atoms with E-state index in [4.69, 9.17) is 33.0 Å². The number of benzene rings is 2. The molecule has 1 aliphatic heterocycles. The number of thiophene rings is 1. The van der Waals surface area contributed by atoms with Crippen molar-refractivity contribution in [2.24, 2.45) is 5.10 Å². The first-order valence-electron chi connectivity index (χ1n) is 10.5. The monoisotopic (exact) mass is 495 g/mol. The Morgan fingerprint density at radius 2 is 2.00 bits per heavy atom. The van der Waals surface area contributed by atoms with Crippen LogP contribution in [-0.4, -0.2) is 28.2 Å². The maximum Gasteiger partial charge on any atom is 0.276 e. The van der Waals surface area contributed by atoms with Crippen LogP contribution < -0.4 is 4.74 Å². The van der Waals surface area contributed by atoms with E-state index in [2.05, 4.69) is 4.98 Å². The van der Waals surface area contributed by atoms with Gasteiger partial charge in [-0.05, 0) is 54.8 Å². The molecule has 0 saturated carbocycles. The zero-order valence-corrected chi connectivity index (χ0v) is 20.0. The molecule has 0 radical (unpaired) electrons. The lowest BCUT2D eigenvalue weighted by Gasteiger charge is -2.23. The molecule has 8 heteroatoms. The summed E-state index contributed by atoms with van der Waals surface area (Å²) in [5.41, 5.74) is 2.71. The summed E-state index contributed by atoms with van der Waals surface area (Å²) >= 11 is 14.6. The van der Waals surface area contributed by atoms with Crippen molar-refractivity contribution in [2.75, 3.05) is 6.61 Å². The molecule has 33 heavy (non-hydrogen) atoms. The predicted octanol–water partition coefficient (Wildman–Crippen LogP) is 6.99. The number of fused-ring (bicyclic) bond motifs is 1. The average molecular weight is 496 g/mol. The first-order valence-corrected chi connectivity index (χ1v) is 12.1. The fourth-order valence-corrected chi connectivity index (χ4v) is 5.14. The molecule has 1 aliphatic rings. The van der Waals surface area contributed by atoms with Gasteiger partial charge in [0, 0.05) is 17.4 Å². The molecule has 0 bridgehead atoms. The number of carbonyl (C=O) groups excluding carboxylic acids is 1. The molecule has 2 aromatic heterocycles. The summed E-state index contributed by atoms with van der Waals surface area (Å²) in [4.78, 5) is 19.1. The Balaban J connectivity index is 1.60. The molecule has 0 aliphatic carbocycles. The minimum Gasteiger partial charge on any atom is -0.494 e. The van der Waals surface area contributed by atoms with Crippen LogP contribution in [0, 0.1) is 0 Å². The molecule has 0 fully saturated rings. The van der Waals surface area contributed by atoms with Gasteiger partial charge in [0.2, 0.25) is 0 Å². The highest BCUT2D eigenvalue weighted by atomic mass is 35.5. The van der Waals surface area contributed by atoms with Crippen LogP contribution in [0.5, 0.6) is 5.75 Å². The van der Waals surface area contributed by atoms with Crippen molar-refractivity contribution >= 4 is 57.1 Å². The third-order valence-corrected chi connectivity index (χ3v) is 7.02. The van der Waals surface area contributed by atoms with Crippen LogP contribution in [0.2, 0.25) is 10.2 Å². The van der Waals surface area contributed by atoms with E-state index in [-0.39, 0.29) is 5.91 Å². The zero-order valence-electron chi connectivity index (χ0n) is 17.7. The molecule has 3 heterocycles. The maximum atomic E-state index is 13.5. The molecule has 2 aromatic carbocycles. The van der Waals surface area contributed by atoms with Crippen LogP contribution in [0.1, 0.15) is 40.2 Å². The van der Waals surface area contributed by atoms with Gasteiger partial charge in [-0.2, -0.15) is 5.10 Å². The highest BCUT2D eigenvalue weighted by molar-refractivity contribution is 7.12. The number of amides is 1. The van der Waals surface area contributed by atoms with E-state index in [1.165, 1.54) is 5.01 Å². The van der Waals surface area contributed by atoms with Crippen LogP contribution in [-0.2, 0) is 0 Å². The summed E-state index contributed by atoms with van der Waals surface area (Å²) < 4.78 is 5.64. The molecule has 1 amide bonds. The minimum atomic E-state index is -0.411. The smallest absolute Gasteiger partial charge is 0.276 e. The first kappa shape index (κ1) is 21.9. The Kier molecular flexibility index (Phi) is 6.06. The van der Waals surface area contributed by atoms with Crippen LogP contribution in [0.3, 0.4) is 0 Å². The number of hydrazone groups is 1. The van der Waals surface area contributed by atoms with Crippen molar-refractivity contribution in [1.29, 1.82) is 0 Å². The molecule has 0 N–H and O–H groups in total. The second kappa shape index (κ2) is 9.14. The summed E-state index contributed by atoms with van der Waals surface area (Å²) in [7, 11) is 0. The Bertz CT molecular complexity index is 1370. The molecule has 5 nitrogen and oxygen atoms in total. The average Bonchev–Trinajstić information content (AvgIpc) is 3.49. The van der Waals surface area contributed by atoms with E-state index in [0.29, 0.717) is 28.8 Å². The molecular weight excluding hydrogens is 477 g/mol. The van der Waals surface area contributed by atoms with E-state index >= 15 is 0 Å². The van der Waals surface area contributed by atoms with Crippen molar-refractivity contribution in [3.8, 4) is 5.75 Å². The maximum absolute atomic E-state index is 13.5. The van der Waals surface area contributed by atoms with Crippen molar-refractivity contribution in [3.63, 3.8) is 0 Å². The standard InChI is InChI=1S/C25H19Cl2N3O2S/c1-2-32-16-9-10-20-15(12-16)13-18(24(27)28-20)22-14-21(23-8-5-11-33-23)29-30(22)25(31)17-6-3-4-7-19(17)26/h3-13,22H,2,14H2,1H3. The van der Waals surface area contributed by atoms with Gasteiger partial charge < -0.3 is 4.74 Å². The lowest BCUT2D eigenvalue weighted by molar-refractivity contribution is 0.0711. The first-order chi connectivity index (χ1) is 16.0. The molecule has 1 atom stereocenters. The number of ether oxygens (including phenoxy) is 1. The van der Waals surface area contributed by atoms with Crippen LogP contribution in [0.25, 0.3) is 10.9 Å². The number of pyridine rings is 1. The van der Waals surface area contributed by atoms with Crippen LogP contribution in [0.4, 0.5) is 0 Å². The number of rotatable bonds is 5. The Morgan fingerprint density at radius 1 is 1.15 bits per heavy atom. The number of hydrogen-bond acceptors (Lipinski definition) is 5. The van der Waals surface area contributed by atoms with Gasteiger partial charge in [-0.1, -0.05) is 41.4 Å². The summed E-state index contributed by atoms with van der Waals surface area (Å²) in [6.07, 6.45) is 0.523. The van der Waals surface area contributed by atoms with Gasteiger partial charge in [-0.3, -0.25) is 4.79 Å². The molecule has 0 spiro atoms. The quantitative estimate of drug-likeness (QED) is 0.280. The molecule has 5 rings (SSSR count). The van der Waals surface area contributed by atoms with Gasteiger partial charge in [0.25, 0.3) is 5.91 Å². The van der Waals surface area contributed by atoms with E-state index in [9.17, 15) is 4.79 Å². The molecule has 1 unspecified atom stereocenters. The summed E-state index contributed by atoms with van der Waals surface area (Å²) in [5.74, 6) is 0.474. The van der Waals surface area contributed by atoms with E-state index < -0.39 is 6.04 Å². The van der Waals surface area contributed by atoms with Gasteiger partial charge >= 0.3 is 0 Å². The SMILES string of the molecule is CCOc1ccc2nc(Cl)c(C3CC(c4cccs4)=NN3C(=O)c3ccccc3Cl)cc2c1. The fraction of sp³-hybridized carbons (Fsp3) is 0.160. The van der Waals surface area contributed by atoms with Gasteiger partial charge in [0.15, 0.2) is 0 Å². The number of carbonyl (C=O) groups is 1. The number of halogens is 2. The third kappa shape index (κ3) is 4.22. The van der Waals surface area contributed by atoms with Gasteiger partial charge in [0.05, 0.1) is 39.3 Å². The lowest BCUT2D eigenvalue weighted by atomic mass is 10.0. The Hall–Kier alpha value is -2.93. The van der Waals surface area contributed by atoms with Gasteiger partial charge in [-0.15, -0.1) is 11.3 Å². The Labute approximate surface area is 205 Å². The molecule has 4 aromatic rings. The number of hydrogen-bond donors (Lipinski definition) is 0. The lowest BCUT2D eigenvalue weighted by Crippen LogP contribution is -2.27. The molecule has 166 valence electrons. The summed E-state index contributed by atoms with van der Waals surface area (Å²) in [5, 5.41) is 9.80. The zero-order chi connectivity index (χ0) is 22.9. The van der Waals surface area contributed by atoms with Crippen LogP contribution in [0.15, 0.2) is 71.1 Å². The van der Waals surface area contributed by atoms with E-state index in [0.717, 1.165) is 32.8 Å². The van der Waals surface area contributed by atoms with Gasteiger partial charge in [0.1, 0.15) is 10.9 Å². The van der Waals surface area contributed by atoms with Gasteiger partial charge in [-0.25, -0.2) is 9.99 Å². The van der Waals surface area contributed by atoms with Crippen molar-refractivity contribution in [3.05, 3.63) is 92.2 Å². The van der Waals surface area contributed by atoms with Crippen molar-refractivity contribution in [2.45, 2.75) is 19.4 Å². The second-order valence-electron chi connectivity index (χ2n) is 7.53. The summed E-state index contributed by atoms with van der Waals surface area (Å²) in [6.45, 7) is 2.51. The number of aromatic nitrogens is 1. The summed E-state index contributed by atoms with van der Waals surface area (Å²) in [6, 6.07) is 18.2. The normalized spacial score (nSPS) is 15.7. The largest absolute Gasteiger partial charge is 0.494 e. The number of nitrogens with zero attached hydrogens (tertiary/aromatic N) is 3. The minimum absolute atomic E-state index is 0.281. The van der Waals surface area contributed by atoms with Crippen LogP contribution >= 0.6 is 34.5 Å². The Morgan fingerprint density at radius 3 is 2.76 bits per heavy atom. The highest BCUT2D eigenvalue weighted by Gasteiger charge is 2.36. The van der Waals surface area contributed by atoms with E-state index in [1.54, 1.807) is 35.6 Å². The second-order valence-corrected chi connectivity index (χ2v) is 9.24. The third-order valence-electron chi connectivity index (χ3n) is 5.47. The molecule has 0 saturated heterocycles. The van der Waals surface area contributed by atoms with Crippen molar-refractivity contribution in [1.82, 2.24) is 9.99 Å². The molecular formula is C25H19Cl2N3O2S.